The fourth-order valence-electron chi connectivity index (χ4n) is 0.214. The van der Waals surface area contributed by atoms with Crippen molar-refractivity contribution in [3.63, 3.8) is 0 Å². The molecule has 0 saturated heterocycles. The number of rotatable bonds is 3. The SMILES string of the molecule is C=CC(=O)O[CH-]CC.O=P(O)(O)O.[CH3-].[Ca+2]. The van der Waals surface area contributed by atoms with Crippen molar-refractivity contribution in [1.29, 1.82) is 0 Å². The zero-order chi connectivity index (χ0) is 10.9. The third-order valence-corrected chi connectivity index (χ3v) is 0.533. The summed E-state index contributed by atoms with van der Waals surface area (Å²) in [7, 11) is -4.64. The van der Waals surface area contributed by atoms with E-state index in [1.807, 2.05) is 6.92 Å². The molecule has 86 valence electrons. The number of hydrogen-bond acceptors (Lipinski definition) is 3. The van der Waals surface area contributed by atoms with Gasteiger partial charge in [-0.1, -0.05) is 13.5 Å². The number of ether oxygens (including phenoxy) is 1. The molecule has 0 aliphatic heterocycles. The molecule has 0 rings (SSSR count). The number of carbonyl (C=O) groups is 1. The number of hydrogen-bond donors (Lipinski definition) is 3. The monoisotopic (exact) mass is 266 g/mol. The van der Waals surface area contributed by atoms with E-state index in [-0.39, 0.29) is 45.2 Å². The van der Waals surface area contributed by atoms with Crippen LogP contribution in [0.1, 0.15) is 13.3 Å². The predicted molar refractivity (Wildman–Crippen MR) is 57.3 cm³/mol. The van der Waals surface area contributed by atoms with Gasteiger partial charge < -0.3 is 26.8 Å². The van der Waals surface area contributed by atoms with Crippen LogP contribution in [0.25, 0.3) is 0 Å². The minimum Gasteiger partial charge on any atom is -0.634 e. The van der Waals surface area contributed by atoms with Gasteiger partial charge in [0.1, 0.15) is 0 Å². The Morgan fingerprint density at radius 1 is 1.53 bits per heavy atom. The maximum atomic E-state index is 10.2. The zero-order valence-electron chi connectivity index (χ0n) is 8.79. The van der Waals surface area contributed by atoms with Gasteiger partial charge in [-0.2, -0.15) is 6.61 Å². The Labute approximate surface area is 120 Å². The molecule has 0 atom stereocenters. The molecule has 0 aliphatic rings. The fourth-order valence-corrected chi connectivity index (χ4v) is 0.214. The number of esters is 1. The Bertz CT molecular complexity index is 193. The zero-order valence-corrected chi connectivity index (χ0v) is 11.9. The van der Waals surface area contributed by atoms with Crippen LogP contribution >= 0.6 is 7.82 Å². The molecule has 6 nitrogen and oxygen atoms in total. The van der Waals surface area contributed by atoms with Gasteiger partial charge in [0.25, 0.3) is 5.97 Å². The molecule has 3 N–H and O–H groups in total. The molecule has 0 amide bonds. The standard InChI is InChI=1S/C6H9O2.CH3.Ca.H3O4P/c1-3-5-8-6(7)4-2;;;1-5(2,3)4/h4-5H,2-3H2,1H3;1H3;;(H3,1,2,3,4)/q2*-1;+2;. The molecular formula is C7H15CaO6P. The third-order valence-electron chi connectivity index (χ3n) is 0.533. The Kier molecular flexibility index (Phi) is 24.0. The summed E-state index contributed by atoms with van der Waals surface area (Å²) >= 11 is 0. The van der Waals surface area contributed by atoms with Gasteiger partial charge in [-0.25, -0.2) is 9.36 Å². The Hall–Kier alpha value is 0.580. The van der Waals surface area contributed by atoms with Crippen LogP contribution in [0.2, 0.25) is 0 Å². The van der Waals surface area contributed by atoms with Crippen molar-refractivity contribution in [2.24, 2.45) is 0 Å². The first-order valence-electron chi connectivity index (χ1n) is 3.24. The van der Waals surface area contributed by atoms with Crippen molar-refractivity contribution >= 4 is 51.5 Å². The summed E-state index contributed by atoms with van der Waals surface area (Å²) in [6.45, 7) is 6.54. The molecule has 0 aromatic rings. The molecule has 0 bridgehead atoms. The van der Waals surface area contributed by atoms with E-state index >= 15 is 0 Å². The molecule has 0 heterocycles. The van der Waals surface area contributed by atoms with E-state index in [0.29, 0.717) is 0 Å². The van der Waals surface area contributed by atoms with Crippen LogP contribution in [0, 0.1) is 14.0 Å². The molecule has 0 spiro atoms. The van der Waals surface area contributed by atoms with Gasteiger partial charge in [-0.05, 0) is 0 Å². The van der Waals surface area contributed by atoms with Crippen molar-refractivity contribution in [1.82, 2.24) is 0 Å². The molecule has 0 radical (unpaired) electrons. The van der Waals surface area contributed by atoms with Crippen LogP contribution in [0.15, 0.2) is 12.7 Å². The Morgan fingerprint density at radius 2 is 1.87 bits per heavy atom. The maximum Gasteiger partial charge on any atom is 2.00 e. The van der Waals surface area contributed by atoms with E-state index in [0.717, 1.165) is 12.5 Å². The molecule has 0 aliphatic carbocycles. The van der Waals surface area contributed by atoms with Crippen molar-refractivity contribution < 1.29 is 28.8 Å². The van der Waals surface area contributed by atoms with E-state index < -0.39 is 13.8 Å². The molecule has 8 heteroatoms. The van der Waals surface area contributed by atoms with Crippen LogP contribution in [-0.2, 0) is 14.1 Å². The first kappa shape index (κ1) is 24.7. The van der Waals surface area contributed by atoms with E-state index in [1.165, 1.54) is 6.61 Å². The summed E-state index contributed by atoms with van der Waals surface area (Å²) < 4.78 is 13.3. The Morgan fingerprint density at radius 3 is 2.07 bits per heavy atom. The van der Waals surface area contributed by atoms with Crippen LogP contribution < -0.4 is 0 Å². The van der Waals surface area contributed by atoms with Crippen molar-refractivity contribution in [3.8, 4) is 0 Å². The van der Waals surface area contributed by atoms with E-state index in [4.69, 9.17) is 19.2 Å². The maximum absolute atomic E-state index is 10.2. The summed E-state index contributed by atoms with van der Waals surface area (Å²) in [5, 5.41) is 0. The van der Waals surface area contributed by atoms with Gasteiger partial charge in [-0.15, -0.1) is 6.42 Å². The fraction of sp³-hybridized carbons (Fsp3) is 0.286. The smallest absolute Gasteiger partial charge is 0.634 e. The first-order chi connectivity index (χ1) is 5.81. The molecule has 0 aromatic heterocycles. The minimum absolute atomic E-state index is 0. The summed E-state index contributed by atoms with van der Waals surface area (Å²) in [4.78, 5) is 31.8. The van der Waals surface area contributed by atoms with Crippen molar-refractivity contribution in [2.75, 3.05) is 0 Å². The van der Waals surface area contributed by atoms with Gasteiger partial charge in [0.2, 0.25) is 0 Å². The summed E-state index contributed by atoms with van der Waals surface area (Å²) in [5.74, 6) is -0.396. The normalized spacial score (nSPS) is 8.27. The third kappa shape index (κ3) is 53.3. The first-order valence-corrected chi connectivity index (χ1v) is 4.80. The Balaban J connectivity index is -0.0000000770. The molecule has 0 fully saturated rings. The van der Waals surface area contributed by atoms with Gasteiger partial charge in [0.15, 0.2) is 0 Å². The van der Waals surface area contributed by atoms with E-state index in [2.05, 4.69) is 11.3 Å². The molecule has 0 unspecified atom stereocenters. The van der Waals surface area contributed by atoms with Gasteiger partial charge in [-0.3, -0.25) is 0 Å². The second-order valence-electron chi connectivity index (χ2n) is 1.73. The molecular weight excluding hydrogens is 251 g/mol. The average molecular weight is 266 g/mol. The molecule has 0 aromatic carbocycles. The summed E-state index contributed by atoms with van der Waals surface area (Å²) in [5.41, 5.74) is 0. The van der Waals surface area contributed by atoms with E-state index in [9.17, 15) is 4.79 Å². The second kappa shape index (κ2) is 14.6. The largest absolute Gasteiger partial charge is 2.00 e. The minimum atomic E-state index is -4.64. The van der Waals surface area contributed by atoms with Crippen LogP contribution in [0.4, 0.5) is 0 Å². The topological polar surface area (TPSA) is 104 Å². The van der Waals surface area contributed by atoms with Crippen molar-refractivity contribution in [3.05, 3.63) is 26.7 Å². The van der Waals surface area contributed by atoms with Crippen LogP contribution in [0.3, 0.4) is 0 Å². The number of phosphoric acid groups is 1. The molecule has 15 heavy (non-hydrogen) atoms. The molecule has 0 saturated carbocycles. The van der Waals surface area contributed by atoms with Crippen molar-refractivity contribution in [2.45, 2.75) is 13.3 Å². The van der Waals surface area contributed by atoms with Gasteiger partial charge in [0, 0.05) is 6.08 Å². The predicted octanol–water partition coefficient (Wildman–Crippen LogP) is 0.428. The van der Waals surface area contributed by atoms with Crippen LogP contribution in [-0.4, -0.2) is 58.4 Å². The van der Waals surface area contributed by atoms with Gasteiger partial charge >= 0.3 is 45.6 Å². The average Bonchev–Trinajstić information content (AvgIpc) is 1.97. The summed E-state index contributed by atoms with van der Waals surface area (Å²) in [6.07, 6.45) is 1.87. The van der Waals surface area contributed by atoms with E-state index in [1.54, 1.807) is 0 Å². The van der Waals surface area contributed by atoms with Crippen LogP contribution in [0.5, 0.6) is 0 Å². The second-order valence-corrected chi connectivity index (χ2v) is 2.76. The van der Waals surface area contributed by atoms with Gasteiger partial charge in [0.05, 0.1) is 0 Å². The quantitative estimate of drug-likeness (QED) is 0.225. The summed E-state index contributed by atoms with van der Waals surface area (Å²) in [6, 6.07) is 0. The number of carbonyl (C=O) groups excluding carboxylic acids is 1.